The number of ether oxygens (including phenoxy) is 1. The molecule has 2 aromatic rings. The van der Waals surface area contributed by atoms with Gasteiger partial charge in [0, 0.05) is 0 Å². The summed E-state index contributed by atoms with van der Waals surface area (Å²) in [5.41, 5.74) is 0. The van der Waals surface area contributed by atoms with E-state index in [1.807, 2.05) is 0 Å². The average Bonchev–Trinajstić information content (AvgIpc) is 2.34. The quantitative estimate of drug-likeness (QED) is 0.394. The van der Waals surface area contributed by atoms with Crippen LogP contribution >= 0.6 is 0 Å². The Hall–Kier alpha value is 0.320. The van der Waals surface area contributed by atoms with Crippen molar-refractivity contribution in [2.45, 2.75) is 9.79 Å². The summed E-state index contributed by atoms with van der Waals surface area (Å²) in [6, 6.07) is 5.62. The smallest absolute Gasteiger partial charge is 0.744 e. The van der Waals surface area contributed by atoms with Gasteiger partial charge < -0.3 is 13.8 Å². The van der Waals surface area contributed by atoms with Crippen molar-refractivity contribution in [2.75, 3.05) is 7.11 Å². The van der Waals surface area contributed by atoms with Crippen LogP contribution in [-0.4, -0.2) is 33.1 Å². The summed E-state index contributed by atoms with van der Waals surface area (Å²) in [5, 5.41) is 0.129. The Kier molecular flexibility index (Phi) is 8.04. The van der Waals surface area contributed by atoms with E-state index in [0.717, 1.165) is 6.07 Å². The molecule has 0 aliphatic heterocycles. The van der Waals surface area contributed by atoms with Crippen LogP contribution in [0.1, 0.15) is 0 Å². The van der Waals surface area contributed by atoms with Crippen molar-refractivity contribution >= 4 is 31.0 Å². The topological polar surface area (TPSA) is 124 Å². The van der Waals surface area contributed by atoms with Crippen LogP contribution in [0, 0.1) is 0 Å². The monoisotopic (exact) mass is 362 g/mol. The first kappa shape index (κ1) is 22.3. The van der Waals surface area contributed by atoms with Gasteiger partial charge in [0.15, 0.2) is 0 Å². The van der Waals surface area contributed by atoms with Crippen LogP contribution in [0.25, 0.3) is 10.8 Å². The van der Waals surface area contributed by atoms with E-state index >= 15 is 0 Å². The summed E-state index contributed by atoms with van der Waals surface area (Å²) in [5.74, 6) is 0.326. The minimum atomic E-state index is -4.93. The fourth-order valence-corrected chi connectivity index (χ4v) is 3.10. The Labute approximate surface area is 172 Å². The minimum absolute atomic E-state index is 0. The summed E-state index contributed by atoms with van der Waals surface area (Å²) in [4.78, 5) is -1.54. The van der Waals surface area contributed by atoms with Crippen molar-refractivity contribution in [2.24, 2.45) is 0 Å². The maximum atomic E-state index is 11.2. The van der Waals surface area contributed by atoms with Crippen molar-refractivity contribution in [3.63, 3.8) is 0 Å². The second kappa shape index (κ2) is 7.93. The molecule has 2 aromatic carbocycles. The molecule has 0 heterocycles. The Balaban J connectivity index is 0.00000220. The van der Waals surface area contributed by atoms with Crippen molar-refractivity contribution in [1.29, 1.82) is 0 Å². The van der Waals surface area contributed by atoms with Gasteiger partial charge in [-0.05, 0) is 41.1 Å². The summed E-state index contributed by atoms with van der Waals surface area (Å²) < 4.78 is 71.6. The van der Waals surface area contributed by atoms with E-state index in [1.165, 1.54) is 25.3 Å². The van der Waals surface area contributed by atoms with Crippen LogP contribution in [0.15, 0.2) is 40.1 Å². The maximum absolute atomic E-state index is 11.2. The zero-order valence-corrected chi connectivity index (χ0v) is 17.7. The van der Waals surface area contributed by atoms with E-state index in [9.17, 15) is 25.9 Å². The number of hydrogen-bond acceptors (Lipinski definition) is 7. The Morgan fingerprint density at radius 1 is 0.909 bits per heavy atom. The molecule has 0 radical (unpaired) electrons. The van der Waals surface area contributed by atoms with E-state index < -0.39 is 30.0 Å². The Bertz CT molecular complexity index is 892. The number of fused-ring (bicyclic) bond motifs is 1. The Morgan fingerprint density at radius 2 is 1.50 bits per heavy atom. The molecule has 0 fully saturated rings. The predicted octanol–water partition coefficient (Wildman–Crippen LogP) is -5.34. The first-order valence-electron chi connectivity index (χ1n) is 5.16. The Morgan fingerprint density at radius 3 is 1.95 bits per heavy atom. The second-order valence-corrected chi connectivity index (χ2v) is 6.64. The molecular weight excluding hydrogens is 354 g/mol. The van der Waals surface area contributed by atoms with Gasteiger partial charge in [-0.2, -0.15) is 0 Å². The third-order valence-corrected chi connectivity index (χ3v) is 4.34. The number of benzene rings is 2. The molecule has 0 aliphatic carbocycles. The van der Waals surface area contributed by atoms with Gasteiger partial charge in [0.05, 0.1) is 16.9 Å². The molecule has 11 heteroatoms. The van der Waals surface area contributed by atoms with Crippen LogP contribution < -0.4 is 63.9 Å². The SMILES string of the molecule is COc1ccc2c(S(=O)(=O)[O-])cc(S(=O)(=O)[O-])cc2c1.[Na+].[Na+]. The number of rotatable bonds is 3. The molecule has 0 saturated carbocycles. The fraction of sp³-hybridized carbons (Fsp3) is 0.0909. The zero-order valence-electron chi connectivity index (χ0n) is 12.1. The third-order valence-electron chi connectivity index (χ3n) is 2.65. The third kappa shape index (κ3) is 4.91. The first-order chi connectivity index (χ1) is 9.13. The van der Waals surface area contributed by atoms with Crippen LogP contribution in [0.4, 0.5) is 0 Å². The summed E-state index contributed by atoms with van der Waals surface area (Å²) >= 11 is 0. The maximum Gasteiger partial charge on any atom is 1.00 e. The van der Waals surface area contributed by atoms with E-state index in [1.54, 1.807) is 0 Å². The van der Waals surface area contributed by atoms with Gasteiger partial charge in [-0.1, -0.05) is 0 Å². The molecule has 0 aromatic heterocycles. The van der Waals surface area contributed by atoms with Crippen LogP contribution in [0.2, 0.25) is 0 Å². The molecule has 0 unspecified atom stereocenters. The second-order valence-electron chi connectivity index (χ2n) is 3.92. The molecule has 0 saturated heterocycles. The largest absolute Gasteiger partial charge is 1.00 e. The van der Waals surface area contributed by atoms with Crippen LogP contribution in [0.5, 0.6) is 5.75 Å². The van der Waals surface area contributed by atoms with Gasteiger partial charge in [-0.25, -0.2) is 16.8 Å². The molecule has 0 bridgehead atoms. The molecule has 2 rings (SSSR count). The first-order valence-corrected chi connectivity index (χ1v) is 7.98. The molecule has 0 amide bonds. The molecular formula is C11H8Na2O7S2. The summed E-state index contributed by atoms with van der Waals surface area (Å²) in [6.45, 7) is 0. The van der Waals surface area contributed by atoms with Crippen LogP contribution in [-0.2, 0) is 20.2 Å². The molecule has 0 aliphatic rings. The fourth-order valence-electron chi connectivity index (χ4n) is 1.76. The van der Waals surface area contributed by atoms with Crippen molar-refractivity contribution in [3.05, 3.63) is 30.3 Å². The van der Waals surface area contributed by atoms with Crippen LogP contribution in [0.3, 0.4) is 0 Å². The zero-order chi connectivity index (χ0) is 15.1. The normalized spacial score (nSPS) is 11.4. The van der Waals surface area contributed by atoms with Crippen molar-refractivity contribution in [1.82, 2.24) is 0 Å². The summed E-state index contributed by atoms with van der Waals surface area (Å²) in [7, 11) is -8.45. The molecule has 0 atom stereocenters. The minimum Gasteiger partial charge on any atom is -0.744 e. The standard InChI is InChI=1S/C11H10O7S2.2Na/c1-18-8-2-3-10-7(4-8)5-9(19(12,13)14)6-11(10)20(15,16)17;;/h2-6H,1H3,(H,12,13,14)(H,15,16,17);;/q;2*+1/p-2. The van der Waals surface area contributed by atoms with Gasteiger partial charge in [-0.15, -0.1) is 0 Å². The average molecular weight is 362 g/mol. The molecule has 22 heavy (non-hydrogen) atoms. The van der Waals surface area contributed by atoms with Gasteiger partial charge in [-0.3, -0.25) is 0 Å². The van der Waals surface area contributed by atoms with E-state index in [4.69, 9.17) is 4.74 Å². The molecule has 7 nitrogen and oxygen atoms in total. The number of hydrogen-bond donors (Lipinski definition) is 0. The van der Waals surface area contributed by atoms with Crippen molar-refractivity contribution < 1.29 is 89.8 Å². The van der Waals surface area contributed by atoms with E-state index in [0.29, 0.717) is 11.8 Å². The van der Waals surface area contributed by atoms with E-state index in [2.05, 4.69) is 0 Å². The molecule has 0 spiro atoms. The predicted molar refractivity (Wildman–Crippen MR) is 66.4 cm³/mol. The van der Waals surface area contributed by atoms with Crippen molar-refractivity contribution in [3.8, 4) is 5.75 Å². The van der Waals surface area contributed by atoms with Gasteiger partial charge >= 0.3 is 59.1 Å². The van der Waals surface area contributed by atoms with E-state index in [-0.39, 0.29) is 69.9 Å². The van der Waals surface area contributed by atoms with Gasteiger partial charge in [0.2, 0.25) is 0 Å². The number of methoxy groups -OCH3 is 1. The van der Waals surface area contributed by atoms with Gasteiger partial charge in [0.25, 0.3) is 0 Å². The van der Waals surface area contributed by atoms with Gasteiger partial charge in [0.1, 0.15) is 26.0 Å². The summed E-state index contributed by atoms with van der Waals surface area (Å²) in [6.07, 6.45) is 0. The molecule has 0 N–H and O–H groups in total. The molecule has 108 valence electrons.